The number of benzene rings is 1. The molecule has 2 rings (SSSR count). The molecule has 0 unspecified atom stereocenters. The van der Waals surface area contributed by atoms with E-state index in [0.29, 0.717) is 25.9 Å². The molecule has 122 valence electrons. The Balaban J connectivity index is 2.02. The third-order valence-corrected chi connectivity index (χ3v) is 5.22. The second kappa shape index (κ2) is 6.91. The van der Waals surface area contributed by atoms with Crippen molar-refractivity contribution in [2.75, 3.05) is 19.6 Å². The summed E-state index contributed by atoms with van der Waals surface area (Å²) < 4.78 is 40.6. The summed E-state index contributed by atoms with van der Waals surface area (Å²) in [7, 11) is -4.00. The van der Waals surface area contributed by atoms with Gasteiger partial charge in [0.2, 0.25) is 10.0 Å². The molecule has 0 bridgehead atoms. The number of nitrogens with one attached hydrogen (secondary N) is 1. The molecule has 0 saturated carbocycles. The van der Waals surface area contributed by atoms with Crippen molar-refractivity contribution in [2.24, 2.45) is 0 Å². The van der Waals surface area contributed by atoms with E-state index >= 15 is 0 Å². The quantitative estimate of drug-likeness (QED) is 0.836. The normalized spacial score (nSPS) is 17.5. The van der Waals surface area contributed by atoms with E-state index in [4.69, 9.17) is 16.7 Å². The molecule has 0 amide bonds. The highest BCUT2D eigenvalue weighted by Crippen LogP contribution is 2.21. The van der Waals surface area contributed by atoms with Gasteiger partial charge in [-0.25, -0.2) is 17.5 Å². The fourth-order valence-electron chi connectivity index (χ4n) is 2.37. The maximum absolute atomic E-state index is 13.7. The van der Waals surface area contributed by atoms with E-state index in [1.165, 1.54) is 6.07 Å². The van der Waals surface area contributed by atoms with E-state index in [-0.39, 0.29) is 17.6 Å². The fourth-order valence-corrected chi connectivity index (χ4v) is 4.01. The van der Waals surface area contributed by atoms with Crippen molar-refractivity contribution in [2.45, 2.75) is 23.8 Å². The first-order valence-corrected chi connectivity index (χ1v) is 8.55. The van der Waals surface area contributed by atoms with E-state index in [9.17, 15) is 17.6 Å². The van der Waals surface area contributed by atoms with Crippen LogP contribution in [-0.2, 0) is 14.8 Å². The molecule has 22 heavy (non-hydrogen) atoms. The molecule has 0 aromatic heterocycles. The van der Waals surface area contributed by atoms with Gasteiger partial charge in [-0.2, -0.15) is 0 Å². The highest BCUT2D eigenvalue weighted by Gasteiger charge is 2.27. The van der Waals surface area contributed by atoms with Crippen LogP contribution < -0.4 is 4.72 Å². The van der Waals surface area contributed by atoms with E-state index in [2.05, 4.69) is 4.72 Å². The number of hydrogen-bond acceptors (Lipinski definition) is 4. The summed E-state index contributed by atoms with van der Waals surface area (Å²) >= 11 is 5.71. The molecule has 1 saturated heterocycles. The van der Waals surface area contributed by atoms with Gasteiger partial charge in [-0.15, -0.1) is 0 Å². The molecule has 1 fully saturated rings. The van der Waals surface area contributed by atoms with Crippen molar-refractivity contribution >= 4 is 27.6 Å². The van der Waals surface area contributed by atoms with Crippen molar-refractivity contribution < 1.29 is 22.7 Å². The van der Waals surface area contributed by atoms with Crippen molar-refractivity contribution in [1.29, 1.82) is 0 Å². The zero-order chi connectivity index (χ0) is 16.3. The van der Waals surface area contributed by atoms with E-state index in [1.54, 1.807) is 4.90 Å². The van der Waals surface area contributed by atoms with E-state index < -0.39 is 26.7 Å². The van der Waals surface area contributed by atoms with Crippen LogP contribution in [0.15, 0.2) is 23.1 Å². The van der Waals surface area contributed by atoms with Crippen LogP contribution in [0.2, 0.25) is 5.02 Å². The first-order chi connectivity index (χ1) is 10.3. The SMILES string of the molecule is O=C(O)CN1CCC(NS(=O)(=O)c2cc(Cl)ccc2F)CC1. The van der Waals surface area contributed by atoms with Gasteiger partial charge in [0, 0.05) is 24.2 Å². The average Bonchev–Trinajstić information content (AvgIpc) is 2.43. The Morgan fingerprint density at radius 2 is 2.05 bits per heavy atom. The van der Waals surface area contributed by atoms with Gasteiger partial charge in [-0.05, 0) is 31.0 Å². The van der Waals surface area contributed by atoms with Gasteiger partial charge in [-0.1, -0.05) is 11.6 Å². The minimum absolute atomic E-state index is 0.0671. The number of hydrogen-bond donors (Lipinski definition) is 2. The molecule has 0 spiro atoms. The largest absolute Gasteiger partial charge is 0.480 e. The number of halogens is 2. The molecule has 1 aromatic carbocycles. The van der Waals surface area contributed by atoms with Crippen molar-refractivity contribution in [3.63, 3.8) is 0 Å². The third-order valence-electron chi connectivity index (χ3n) is 3.45. The molecule has 1 aromatic rings. The van der Waals surface area contributed by atoms with Crippen molar-refractivity contribution in [3.8, 4) is 0 Å². The monoisotopic (exact) mass is 350 g/mol. The molecule has 1 aliphatic rings. The topological polar surface area (TPSA) is 86.7 Å². The van der Waals surface area contributed by atoms with Crippen LogP contribution in [0.25, 0.3) is 0 Å². The number of rotatable bonds is 5. The standard InChI is InChI=1S/C13H16ClFN2O4S/c14-9-1-2-11(15)12(7-9)22(20,21)16-10-3-5-17(6-4-10)8-13(18)19/h1-2,7,10,16H,3-6,8H2,(H,18,19). The number of sulfonamides is 1. The van der Waals surface area contributed by atoms with Gasteiger partial charge in [0.05, 0.1) is 6.54 Å². The summed E-state index contributed by atoms with van der Waals surface area (Å²) in [6.07, 6.45) is 0.934. The van der Waals surface area contributed by atoms with Gasteiger partial charge in [0.1, 0.15) is 10.7 Å². The zero-order valence-corrected chi connectivity index (χ0v) is 13.2. The Morgan fingerprint density at radius 3 is 2.64 bits per heavy atom. The summed E-state index contributed by atoms with van der Waals surface area (Å²) in [6.45, 7) is 0.872. The molecule has 1 aliphatic heterocycles. The summed E-state index contributed by atoms with van der Waals surface area (Å²) in [5, 5.41) is 8.85. The number of likely N-dealkylation sites (tertiary alicyclic amines) is 1. The van der Waals surface area contributed by atoms with Crippen LogP contribution in [-0.4, -0.2) is 50.1 Å². The second-order valence-electron chi connectivity index (χ2n) is 5.14. The predicted octanol–water partition coefficient (Wildman–Crippen LogP) is 1.31. The van der Waals surface area contributed by atoms with Gasteiger partial charge in [-0.3, -0.25) is 9.69 Å². The Hall–Kier alpha value is -1.22. The number of carboxylic acids is 1. The van der Waals surface area contributed by atoms with Crippen LogP contribution in [0, 0.1) is 5.82 Å². The highest BCUT2D eigenvalue weighted by atomic mass is 35.5. The number of piperidine rings is 1. The van der Waals surface area contributed by atoms with Gasteiger partial charge in [0.15, 0.2) is 0 Å². The van der Waals surface area contributed by atoms with Crippen molar-refractivity contribution in [1.82, 2.24) is 9.62 Å². The Labute approximate surface area is 132 Å². The molecule has 2 N–H and O–H groups in total. The van der Waals surface area contributed by atoms with Crippen LogP contribution >= 0.6 is 11.6 Å². The molecule has 9 heteroatoms. The lowest BCUT2D eigenvalue weighted by atomic mass is 10.1. The first kappa shape index (κ1) is 17.1. The Morgan fingerprint density at radius 1 is 1.41 bits per heavy atom. The van der Waals surface area contributed by atoms with Crippen LogP contribution in [0.3, 0.4) is 0 Å². The fraction of sp³-hybridized carbons (Fsp3) is 0.462. The van der Waals surface area contributed by atoms with Crippen molar-refractivity contribution in [3.05, 3.63) is 29.0 Å². The number of carbonyl (C=O) groups is 1. The molecular weight excluding hydrogens is 335 g/mol. The smallest absolute Gasteiger partial charge is 0.317 e. The second-order valence-corrected chi connectivity index (χ2v) is 7.26. The van der Waals surface area contributed by atoms with Gasteiger partial charge < -0.3 is 5.11 Å². The maximum atomic E-state index is 13.7. The van der Waals surface area contributed by atoms with Crippen LogP contribution in [0.1, 0.15) is 12.8 Å². The maximum Gasteiger partial charge on any atom is 0.317 e. The van der Waals surface area contributed by atoms with Crippen LogP contribution in [0.5, 0.6) is 0 Å². The lowest BCUT2D eigenvalue weighted by Crippen LogP contribution is -2.45. The predicted molar refractivity (Wildman–Crippen MR) is 78.8 cm³/mol. The molecule has 0 aliphatic carbocycles. The number of nitrogens with zero attached hydrogens (tertiary/aromatic N) is 1. The minimum atomic E-state index is -4.00. The van der Waals surface area contributed by atoms with Gasteiger partial charge >= 0.3 is 5.97 Å². The highest BCUT2D eigenvalue weighted by molar-refractivity contribution is 7.89. The zero-order valence-electron chi connectivity index (χ0n) is 11.6. The van der Waals surface area contributed by atoms with E-state index in [1.807, 2.05) is 0 Å². The molecule has 1 heterocycles. The Bertz CT molecular complexity index is 660. The molecular formula is C13H16ClFN2O4S. The number of carboxylic acid groups (broad SMARTS) is 1. The Kier molecular flexibility index (Phi) is 5.38. The van der Waals surface area contributed by atoms with Gasteiger partial charge in [0.25, 0.3) is 0 Å². The summed E-state index contributed by atoms with van der Waals surface area (Å²) in [5.74, 6) is -1.78. The lowest BCUT2D eigenvalue weighted by molar-refractivity contribution is -0.138. The summed E-state index contributed by atoms with van der Waals surface area (Å²) in [4.78, 5) is 11.9. The first-order valence-electron chi connectivity index (χ1n) is 6.69. The van der Waals surface area contributed by atoms with Crippen LogP contribution in [0.4, 0.5) is 4.39 Å². The van der Waals surface area contributed by atoms with E-state index in [0.717, 1.165) is 12.1 Å². The molecule has 6 nitrogen and oxygen atoms in total. The minimum Gasteiger partial charge on any atom is -0.480 e. The third kappa shape index (κ3) is 4.39. The average molecular weight is 351 g/mol. The summed E-state index contributed by atoms with van der Waals surface area (Å²) in [6, 6.07) is 3.00. The number of aliphatic carboxylic acids is 1. The summed E-state index contributed by atoms with van der Waals surface area (Å²) in [5.41, 5.74) is 0. The molecule has 0 radical (unpaired) electrons. The molecule has 0 atom stereocenters. The lowest BCUT2D eigenvalue weighted by Gasteiger charge is -2.31.